The summed E-state index contributed by atoms with van der Waals surface area (Å²) in [6.45, 7) is 3.22. The van der Waals surface area contributed by atoms with Gasteiger partial charge >= 0.3 is 5.97 Å². The predicted octanol–water partition coefficient (Wildman–Crippen LogP) is 2.68. The molecule has 0 aliphatic heterocycles. The van der Waals surface area contributed by atoms with Gasteiger partial charge in [0.05, 0.1) is 11.3 Å². The highest BCUT2D eigenvalue weighted by Gasteiger charge is 2.10. The molecule has 0 spiro atoms. The van der Waals surface area contributed by atoms with Crippen LogP contribution in [0.3, 0.4) is 0 Å². The summed E-state index contributed by atoms with van der Waals surface area (Å²) in [5.74, 6) is 0.0497. The van der Waals surface area contributed by atoms with Crippen molar-refractivity contribution in [2.75, 3.05) is 30.9 Å². The van der Waals surface area contributed by atoms with E-state index in [1.165, 1.54) is 0 Å². The molecule has 1 aromatic heterocycles. The first-order valence-electron chi connectivity index (χ1n) is 7.28. The molecule has 0 radical (unpaired) electrons. The molecule has 0 bridgehead atoms. The molecule has 1 aromatic carbocycles. The largest absolute Gasteiger partial charge is 0.478 e. The molecule has 0 aliphatic rings. The van der Waals surface area contributed by atoms with E-state index in [0.717, 1.165) is 12.1 Å². The molecule has 122 valence electrons. The number of carboxylic acid groups (broad SMARTS) is 1. The van der Waals surface area contributed by atoms with Gasteiger partial charge in [0.15, 0.2) is 0 Å². The topological polar surface area (TPSA) is 96.4 Å². The molecule has 7 nitrogen and oxygen atoms in total. The highest BCUT2D eigenvalue weighted by atomic mass is 16.5. The number of aromatic nitrogens is 2. The van der Waals surface area contributed by atoms with Gasteiger partial charge < -0.3 is 20.5 Å². The Balaban J connectivity index is 2.14. The van der Waals surface area contributed by atoms with Gasteiger partial charge in [-0.25, -0.2) is 9.78 Å². The van der Waals surface area contributed by atoms with Gasteiger partial charge in [-0.15, -0.1) is 0 Å². The van der Waals surface area contributed by atoms with Crippen LogP contribution in [-0.4, -0.2) is 41.3 Å². The zero-order chi connectivity index (χ0) is 16.7. The van der Waals surface area contributed by atoms with Gasteiger partial charge in [0.25, 0.3) is 0 Å². The lowest BCUT2D eigenvalue weighted by Crippen LogP contribution is -2.10. The second-order valence-electron chi connectivity index (χ2n) is 4.97. The molecule has 2 rings (SSSR count). The molecule has 2 aromatic rings. The predicted molar refractivity (Wildman–Crippen MR) is 88.4 cm³/mol. The molecule has 1 heterocycles. The maximum absolute atomic E-state index is 11.3. The fourth-order valence-corrected chi connectivity index (χ4v) is 2.04. The lowest BCUT2D eigenvalue weighted by Gasteiger charge is -2.11. The van der Waals surface area contributed by atoms with E-state index in [2.05, 4.69) is 20.6 Å². The maximum Gasteiger partial charge on any atom is 0.337 e. The second-order valence-corrected chi connectivity index (χ2v) is 4.97. The Morgan fingerprint density at radius 1 is 1.30 bits per heavy atom. The van der Waals surface area contributed by atoms with Gasteiger partial charge in [-0.05, 0) is 25.5 Å². The molecule has 23 heavy (non-hydrogen) atoms. The summed E-state index contributed by atoms with van der Waals surface area (Å²) in [6.07, 6.45) is 0.846. The van der Waals surface area contributed by atoms with Crippen LogP contribution in [0.15, 0.2) is 30.3 Å². The Bertz CT molecular complexity index is 676. The Kier molecular flexibility index (Phi) is 5.87. The Morgan fingerprint density at radius 3 is 2.83 bits per heavy atom. The first-order chi connectivity index (χ1) is 11.1. The van der Waals surface area contributed by atoms with Crippen molar-refractivity contribution < 1.29 is 14.6 Å². The van der Waals surface area contributed by atoms with Crippen LogP contribution < -0.4 is 10.6 Å². The third-order valence-electron chi connectivity index (χ3n) is 3.08. The molecule has 0 unspecified atom stereocenters. The molecule has 0 aliphatic carbocycles. The van der Waals surface area contributed by atoms with Gasteiger partial charge in [-0.2, -0.15) is 4.98 Å². The van der Waals surface area contributed by atoms with Crippen LogP contribution in [0.5, 0.6) is 0 Å². The minimum Gasteiger partial charge on any atom is -0.478 e. The summed E-state index contributed by atoms with van der Waals surface area (Å²) < 4.78 is 4.99. The van der Waals surface area contributed by atoms with Gasteiger partial charge in [0.2, 0.25) is 5.95 Å². The third kappa shape index (κ3) is 4.93. The fraction of sp³-hybridized carbons (Fsp3) is 0.312. The van der Waals surface area contributed by atoms with Crippen molar-refractivity contribution in [3.63, 3.8) is 0 Å². The summed E-state index contributed by atoms with van der Waals surface area (Å²) in [7, 11) is 1.66. The van der Waals surface area contributed by atoms with E-state index < -0.39 is 5.97 Å². The van der Waals surface area contributed by atoms with E-state index in [1.54, 1.807) is 37.4 Å². The molecular formula is C16H20N4O3. The third-order valence-corrected chi connectivity index (χ3v) is 3.08. The lowest BCUT2D eigenvalue weighted by atomic mass is 10.2. The zero-order valence-corrected chi connectivity index (χ0v) is 13.2. The second kappa shape index (κ2) is 8.09. The van der Waals surface area contributed by atoms with Crippen molar-refractivity contribution in [3.05, 3.63) is 41.6 Å². The molecule has 0 amide bonds. The van der Waals surface area contributed by atoms with Gasteiger partial charge in [-0.1, -0.05) is 12.1 Å². The van der Waals surface area contributed by atoms with Crippen LogP contribution in [-0.2, 0) is 4.74 Å². The standard InChI is InChI=1S/C16H20N4O3/c1-11-10-14(20-16(18-11)17-8-5-9-23-2)19-13-7-4-3-6-12(13)15(21)22/h3-4,6-7,10H,5,8-9H2,1-2H3,(H,21,22)(H2,17,18,19,20). The number of ether oxygens (including phenoxy) is 1. The summed E-state index contributed by atoms with van der Waals surface area (Å²) in [4.78, 5) is 19.9. The number of anilines is 3. The number of hydrogen-bond acceptors (Lipinski definition) is 6. The molecular weight excluding hydrogens is 296 g/mol. The average molecular weight is 316 g/mol. The number of nitrogens with one attached hydrogen (secondary N) is 2. The van der Waals surface area contributed by atoms with Crippen molar-refractivity contribution in [2.45, 2.75) is 13.3 Å². The number of nitrogens with zero attached hydrogens (tertiary/aromatic N) is 2. The van der Waals surface area contributed by atoms with Crippen LogP contribution >= 0.6 is 0 Å². The Morgan fingerprint density at radius 2 is 2.09 bits per heavy atom. The zero-order valence-electron chi connectivity index (χ0n) is 13.2. The molecule has 0 saturated carbocycles. The molecule has 7 heteroatoms. The van der Waals surface area contributed by atoms with Crippen LogP contribution in [0.1, 0.15) is 22.5 Å². The van der Waals surface area contributed by atoms with Crippen molar-refractivity contribution in [1.82, 2.24) is 9.97 Å². The molecule has 3 N–H and O–H groups in total. The molecule has 0 saturated heterocycles. The summed E-state index contributed by atoms with van der Waals surface area (Å²) in [5.41, 5.74) is 1.46. The normalized spacial score (nSPS) is 10.3. The fourth-order valence-electron chi connectivity index (χ4n) is 2.04. The van der Waals surface area contributed by atoms with E-state index in [1.807, 2.05) is 6.92 Å². The quantitative estimate of drug-likeness (QED) is 0.644. The summed E-state index contributed by atoms with van der Waals surface area (Å²) >= 11 is 0. The first-order valence-corrected chi connectivity index (χ1v) is 7.28. The number of carbonyl (C=O) groups is 1. The van der Waals surface area contributed by atoms with E-state index in [-0.39, 0.29) is 5.56 Å². The van der Waals surface area contributed by atoms with Gasteiger partial charge in [0, 0.05) is 32.0 Å². The number of aryl methyl sites for hydroxylation is 1. The van der Waals surface area contributed by atoms with Crippen molar-refractivity contribution in [1.29, 1.82) is 0 Å². The highest BCUT2D eigenvalue weighted by Crippen LogP contribution is 2.20. The van der Waals surface area contributed by atoms with E-state index >= 15 is 0 Å². The van der Waals surface area contributed by atoms with E-state index in [9.17, 15) is 9.90 Å². The van der Waals surface area contributed by atoms with Crippen molar-refractivity contribution in [2.24, 2.45) is 0 Å². The number of hydrogen-bond donors (Lipinski definition) is 3. The molecule has 0 fully saturated rings. The van der Waals surface area contributed by atoms with Crippen LogP contribution in [0.4, 0.5) is 17.5 Å². The minimum atomic E-state index is -0.989. The SMILES string of the molecule is COCCCNc1nc(C)cc(Nc2ccccc2C(=O)O)n1. The first kappa shape index (κ1) is 16.7. The molecule has 0 atom stereocenters. The van der Waals surface area contributed by atoms with Crippen molar-refractivity contribution >= 4 is 23.4 Å². The van der Waals surface area contributed by atoms with Crippen molar-refractivity contribution in [3.8, 4) is 0 Å². The highest BCUT2D eigenvalue weighted by molar-refractivity contribution is 5.95. The van der Waals surface area contributed by atoms with Crippen LogP contribution in [0.2, 0.25) is 0 Å². The maximum atomic E-state index is 11.3. The van der Waals surface area contributed by atoms with Crippen LogP contribution in [0.25, 0.3) is 0 Å². The smallest absolute Gasteiger partial charge is 0.337 e. The van der Waals surface area contributed by atoms with E-state index in [4.69, 9.17) is 4.74 Å². The van der Waals surface area contributed by atoms with E-state index in [0.29, 0.717) is 30.6 Å². The monoisotopic (exact) mass is 316 g/mol. The van der Waals surface area contributed by atoms with Crippen LogP contribution in [0, 0.1) is 6.92 Å². The average Bonchev–Trinajstić information content (AvgIpc) is 2.51. The number of carboxylic acids is 1. The van der Waals surface area contributed by atoms with Gasteiger partial charge in [-0.3, -0.25) is 0 Å². The van der Waals surface area contributed by atoms with Gasteiger partial charge in [0.1, 0.15) is 5.82 Å². The summed E-state index contributed by atoms with van der Waals surface area (Å²) in [5, 5.41) is 15.4. The lowest BCUT2D eigenvalue weighted by molar-refractivity contribution is 0.0698. The number of benzene rings is 1. The number of para-hydroxylation sites is 1. The minimum absolute atomic E-state index is 0.193. The number of methoxy groups -OCH3 is 1. The Hall–Kier alpha value is -2.67. The number of aromatic carboxylic acids is 1. The summed E-state index contributed by atoms with van der Waals surface area (Å²) in [6, 6.07) is 8.46. The number of rotatable bonds is 8. The Labute approximate surface area is 134 Å².